The van der Waals surface area contributed by atoms with Gasteiger partial charge in [-0.3, -0.25) is 9.59 Å². The molecule has 0 aliphatic heterocycles. The maximum Gasteiger partial charge on any atom is 0.248 e. The molecule has 6 nitrogen and oxygen atoms in total. The zero-order valence-corrected chi connectivity index (χ0v) is 17.2. The number of nitrogens with zero attached hydrogens (tertiary/aromatic N) is 1. The first-order valence-electron chi connectivity index (χ1n) is 10.2. The highest BCUT2D eigenvalue weighted by Crippen LogP contribution is 2.39. The monoisotopic (exact) mass is 402 g/mol. The number of carbonyl (C=O) groups is 2. The number of nitrogens with two attached hydrogens (primary N) is 1. The van der Waals surface area contributed by atoms with Crippen LogP contribution in [0.1, 0.15) is 31.4 Å². The molecule has 2 amide bonds. The minimum Gasteiger partial charge on any atom is -0.367 e. The molecule has 4 N–H and O–H groups in total. The number of primary amides is 1. The van der Waals surface area contributed by atoms with Crippen LogP contribution in [0.2, 0.25) is 0 Å². The Hall–Kier alpha value is -3.54. The molecule has 0 aliphatic carbocycles. The summed E-state index contributed by atoms with van der Waals surface area (Å²) in [6.45, 7) is 4.03. The predicted molar refractivity (Wildman–Crippen MR) is 119 cm³/mol. The number of para-hydroxylation sites is 2. The summed E-state index contributed by atoms with van der Waals surface area (Å²) in [7, 11) is 0. The van der Waals surface area contributed by atoms with Gasteiger partial charge in [-0.25, -0.2) is 0 Å². The summed E-state index contributed by atoms with van der Waals surface area (Å²) in [6.07, 6.45) is 5.08. The molecular weight excluding hydrogens is 376 g/mol. The highest BCUT2D eigenvalue weighted by molar-refractivity contribution is 5.97. The third-order valence-corrected chi connectivity index (χ3v) is 5.93. The van der Waals surface area contributed by atoms with Crippen LogP contribution in [0.4, 0.5) is 0 Å². The number of hydrogen-bond acceptors (Lipinski definition) is 2. The zero-order valence-electron chi connectivity index (χ0n) is 17.2. The Morgan fingerprint density at radius 2 is 1.80 bits per heavy atom. The van der Waals surface area contributed by atoms with Gasteiger partial charge in [0.2, 0.25) is 11.8 Å². The molecule has 0 bridgehead atoms. The summed E-state index contributed by atoms with van der Waals surface area (Å²) in [4.78, 5) is 27.7. The maximum atomic E-state index is 13.1. The smallest absolute Gasteiger partial charge is 0.248 e. The van der Waals surface area contributed by atoms with Gasteiger partial charge in [0.25, 0.3) is 0 Å². The normalized spacial score (nSPS) is 13.4. The van der Waals surface area contributed by atoms with E-state index >= 15 is 0 Å². The summed E-state index contributed by atoms with van der Waals surface area (Å²) in [6, 6.07) is 15.9. The van der Waals surface area contributed by atoms with Crippen LogP contribution in [0.5, 0.6) is 0 Å². The molecule has 0 fully saturated rings. The van der Waals surface area contributed by atoms with Gasteiger partial charge >= 0.3 is 0 Å². The van der Waals surface area contributed by atoms with E-state index in [-0.39, 0.29) is 5.91 Å². The van der Waals surface area contributed by atoms with Crippen molar-refractivity contribution >= 4 is 33.6 Å². The molecule has 4 rings (SSSR count). The van der Waals surface area contributed by atoms with Crippen LogP contribution in [-0.2, 0) is 21.5 Å². The van der Waals surface area contributed by atoms with E-state index in [4.69, 9.17) is 5.73 Å². The number of fused-ring (bicyclic) bond motifs is 2. The molecule has 1 atom stereocenters. The molecule has 0 aliphatic rings. The molecule has 0 radical (unpaired) electrons. The minimum absolute atomic E-state index is 0.0578. The predicted octanol–water partition coefficient (Wildman–Crippen LogP) is 3.44. The fraction of sp³-hybridized carbons (Fsp3) is 0.250. The number of carbonyl (C=O) groups excluding carboxylic acids is 2. The van der Waals surface area contributed by atoms with Gasteiger partial charge in [0.1, 0.15) is 5.54 Å². The van der Waals surface area contributed by atoms with Crippen molar-refractivity contribution in [2.45, 2.75) is 32.2 Å². The van der Waals surface area contributed by atoms with Crippen LogP contribution in [0.25, 0.3) is 21.8 Å². The van der Waals surface area contributed by atoms with Gasteiger partial charge in [-0.2, -0.15) is 0 Å². The fourth-order valence-corrected chi connectivity index (χ4v) is 4.47. The van der Waals surface area contributed by atoms with Gasteiger partial charge in [0, 0.05) is 53.2 Å². The quantitative estimate of drug-likeness (QED) is 0.442. The Morgan fingerprint density at radius 3 is 2.50 bits per heavy atom. The van der Waals surface area contributed by atoms with Crippen LogP contribution >= 0.6 is 0 Å². The van der Waals surface area contributed by atoms with Crippen molar-refractivity contribution in [3.63, 3.8) is 0 Å². The lowest BCUT2D eigenvalue weighted by molar-refractivity contribution is -0.124. The Kier molecular flexibility index (Phi) is 5.08. The van der Waals surface area contributed by atoms with E-state index in [1.807, 2.05) is 72.4 Å². The molecule has 0 saturated carbocycles. The molecule has 2 aromatic heterocycles. The molecule has 30 heavy (non-hydrogen) atoms. The average molecular weight is 402 g/mol. The first-order valence-corrected chi connectivity index (χ1v) is 10.2. The van der Waals surface area contributed by atoms with Crippen molar-refractivity contribution in [1.29, 1.82) is 0 Å². The molecule has 2 aromatic carbocycles. The number of hydrogen-bond donors (Lipinski definition) is 3. The highest BCUT2D eigenvalue weighted by Gasteiger charge is 2.41. The summed E-state index contributed by atoms with van der Waals surface area (Å²) in [5.74, 6) is -0.457. The number of aromatic amines is 1. The van der Waals surface area contributed by atoms with E-state index in [1.54, 1.807) is 0 Å². The standard InChI is InChI=1S/C24H26N4O2/c1-3-24(23(25)30,20-14-27-21-10-6-4-9-19(20)21)28-15-17(12-13-26-16(2)29)18-8-5-7-11-22(18)28/h4-11,14-15,27H,3,12-13H2,1-2H3,(H2,25,30)(H,26,29). The van der Waals surface area contributed by atoms with Gasteiger partial charge in [-0.1, -0.05) is 43.3 Å². The lowest BCUT2D eigenvalue weighted by atomic mass is 9.85. The van der Waals surface area contributed by atoms with Crippen LogP contribution in [0, 0.1) is 0 Å². The maximum absolute atomic E-state index is 13.1. The van der Waals surface area contributed by atoms with E-state index < -0.39 is 11.4 Å². The van der Waals surface area contributed by atoms with Gasteiger partial charge in [0.15, 0.2) is 0 Å². The second kappa shape index (κ2) is 7.71. The van der Waals surface area contributed by atoms with Crippen molar-refractivity contribution in [1.82, 2.24) is 14.9 Å². The van der Waals surface area contributed by atoms with Gasteiger partial charge in [0.05, 0.1) is 0 Å². The molecule has 4 aromatic rings. The summed E-state index contributed by atoms with van der Waals surface area (Å²) < 4.78 is 2.02. The van der Waals surface area contributed by atoms with E-state index in [1.165, 1.54) is 6.92 Å². The van der Waals surface area contributed by atoms with Gasteiger partial charge < -0.3 is 20.6 Å². The largest absolute Gasteiger partial charge is 0.367 e. The highest BCUT2D eigenvalue weighted by atomic mass is 16.2. The van der Waals surface area contributed by atoms with Gasteiger partial charge in [-0.05, 0) is 30.5 Å². The number of aromatic nitrogens is 2. The summed E-state index contributed by atoms with van der Waals surface area (Å²) in [5.41, 5.74) is 8.91. The second-order valence-corrected chi connectivity index (χ2v) is 7.60. The Labute approximate surface area is 175 Å². The third-order valence-electron chi connectivity index (χ3n) is 5.93. The minimum atomic E-state index is -1.04. The summed E-state index contributed by atoms with van der Waals surface area (Å²) in [5, 5.41) is 4.89. The van der Waals surface area contributed by atoms with Crippen LogP contribution in [0.3, 0.4) is 0 Å². The molecule has 0 saturated heterocycles. The Morgan fingerprint density at radius 1 is 1.10 bits per heavy atom. The van der Waals surface area contributed by atoms with Crippen molar-refractivity contribution in [2.24, 2.45) is 5.73 Å². The molecule has 0 spiro atoms. The van der Waals surface area contributed by atoms with E-state index in [0.29, 0.717) is 19.4 Å². The molecule has 1 unspecified atom stereocenters. The third kappa shape index (κ3) is 3.05. The second-order valence-electron chi connectivity index (χ2n) is 7.60. The first-order chi connectivity index (χ1) is 14.5. The molecule has 154 valence electrons. The Bertz CT molecular complexity index is 1240. The van der Waals surface area contributed by atoms with Gasteiger partial charge in [-0.15, -0.1) is 0 Å². The number of amides is 2. The van der Waals surface area contributed by atoms with E-state index in [9.17, 15) is 9.59 Å². The van der Waals surface area contributed by atoms with Crippen LogP contribution in [0.15, 0.2) is 60.9 Å². The van der Waals surface area contributed by atoms with Crippen molar-refractivity contribution in [3.8, 4) is 0 Å². The number of H-pyrrole nitrogens is 1. The van der Waals surface area contributed by atoms with Crippen molar-refractivity contribution < 1.29 is 9.59 Å². The van der Waals surface area contributed by atoms with Crippen molar-refractivity contribution in [3.05, 3.63) is 72.1 Å². The molecule has 2 heterocycles. The van der Waals surface area contributed by atoms with E-state index in [2.05, 4.69) is 10.3 Å². The molecule has 6 heteroatoms. The molecular formula is C24H26N4O2. The van der Waals surface area contributed by atoms with Crippen molar-refractivity contribution in [2.75, 3.05) is 6.54 Å². The Balaban J connectivity index is 1.94. The van der Waals surface area contributed by atoms with Crippen LogP contribution < -0.4 is 11.1 Å². The topological polar surface area (TPSA) is 92.9 Å². The first kappa shape index (κ1) is 19.8. The fourth-order valence-electron chi connectivity index (χ4n) is 4.47. The number of benzene rings is 2. The van der Waals surface area contributed by atoms with E-state index in [0.717, 1.165) is 32.9 Å². The number of nitrogens with one attached hydrogen (secondary N) is 2. The average Bonchev–Trinajstić information content (AvgIpc) is 3.32. The lowest BCUT2D eigenvalue weighted by Crippen LogP contribution is -2.46. The van der Waals surface area contributed by atoms with Crippen LogP contribution in [-0.4, -0.2) is 27.9 Å². The number of rotatable bonds is 7. The lowest BCUT2D eigenvalue weighted by Gasteiger charge is -2.32. The summed E-state index contributed by atoms with van der Waals surface area (Å²) >= 11 is 0. The zero-order chi connectivity index (χ0) is 21.3. The SMILES string of the molecule is CCC(C(N)=O)(c1c[nH]c2ccccc12)n1cc(CCNC(C)=O)c2ccccc21.